The van der Waals surface area contributed by atoms with Crippen LogP contribution in [0.2, 0.25) is 5.15 Å². The van der Waals surface area contributed by atoms with Crippen molar-refractivity contribution in [1.82, 2.24) is 4.98 Å². The van der Waals surface area contributed by atoms with Gasteiger partial charge in [-0.25, -0.2) is 4.98 Å². The Morgan fingerprint density at radius 3 is 2.48 bits per heavy atom. The molecule has 2 aromatic carbocycles. The molecule has 1 aliphatic carbocycles. The molecule has 5 atom stereocenters. The Labute approximate surface area is 205 Å². The molecule has 0 amide bonds. The zero-order valence-corrected chi connectivity index (χ0v) is 20.3. The molecule has 6 nitrogen and oxygen atoms in total. The number of fused-ring (bicyclic) bond motifs is 3. The van der Waals surface area contributed by atoms with E-state index in [9.17, 15) is 10.2 Å². The van der Waals surface area contributed by atoms with Gasteiger partial charge in [0.15, 0.2) is 5.60 Å². The molecule has 172 valence electrons. The summed E-state index contributed by atoms with van der Waals surface area (Å²) in [5.74, 6) is -0.774. The van der Waals surface area contributed by atoms with Crippen LogP contribution >= 0.6 is 27.5 Å². The first-order valence-electron chi connectivity index (χ1n) is 10.7. The molecule has 1 fully saturated rings. The quantitative estimate of drug-likeness (QED) is 0.431. The summed E-state index contributed by atoms with van der Waals surface area (Å²) in [4.78, 5) is 4.32. The number of methoxy groups -OCH3 is 1. The maximum Gasteiger partial charge on any atom is 0.224 e. The van der Waals surface area contributed by atoms with Crippen LogP contribution in [0.25, 0.3) is 0 Å². The van der Waals surface area contributed by atoms with Crippen LogP contribution in [-0.2, 0) is 11.2 Å². The third kappa shape index (κ3) is 3.00. The summed E-state index contributed by atoms with van der Waals surface area (Å²) in [7, 11) is 1.48. The van der Waals surface area contributed by atoms with Crippen LogP contribution in [0, 0.1) is 11.8 Å². The minimum atomic E-state index is -1.64. The molecule has 0 bridgehead atoms. The van der Waals surface area contributed by atoms with E-state index in [1.807, 2.05) is 54.6 Å². The SMILES string of the molecule is COc1nc(Cl)cc2c1[C@]1(O)C(CN)[C@H](CO)[C@@H](c3ccccc3)[C@]1(c1ccc(Br)cc1)O2. The van der Waals surface area contributed by atoms with Gasteiger partial charge in [-0.3, -0.25) is 0 Å². The normalized spacial score (nSPS) is 29.9. The molecule has 0 saturated heterocycles. The predicted molar refractivity (Wildman–Crippen MR) is 128 cm³/mol. The van der Waals surface area contributed by atoms with Gasteiger partial charge in [-0.1, -0.05) is 70.0 Å². The molecular formula is C25H24BrClN2O4. The Bertz CT molecular complexity index is 1180. The van der Waals surface area contributed by atoms with E-state index in [-0.39, 0.29) is 30.1 Å². The first kappa shape index (κ1) is 22.6. The molecule has 1 aliphatic heterocycles. The molecule has 1 saturated carbocycles. The van der Waals surface area contributed by atoms with Crippen molar-refractivity contribution in [3.05, 3.63) is 87.0 Å². The second-order valence-corrected chi connectivity index (χ2v) is 9.82. The first-order chi connectivity index (χ1) is 15.9. The van der Waals surface area contributed by atoms with Crippen LogP contribution in [0.4, 0.5) is 0 Å². The minimum Gasteiger partial charge on any atom is -0.481 e. The molecule has 5 rings (SSSR count). The molecule has 2 heterocycles. The average molecular weight is 532 g/mol. The Balaban J connectivity index is 1.89. The third-order valence-electron chi connectivity index (χ3n) is 7.15. The van der Waals surface area contributed by atoms with Crippen LogP contribution in [0.15, 0.2) is 65.1 Å². The third-order valence-corrected chi connectivity index (χ3v) is 7.87. The highest BCUT2D eigenvalue weighted by atomic mass is 79.9. The van der Waals surface area contributed by atoms with E-state index >= 15 is 0 Å². The smallest absolute Gasteiger partial charge is 0.224 e. The molecule has 1 aromatic heterocycles. The van der Waals surface area contributed by atoms with E-state index in [0.29, 0.717) is 11.3 Å². The monoisotopic (exact) mass is 530 g/mol. The number of hydrogen-bond acceptors (Lipinski definition) is 6. The van der Waals surface area contributed by atoms with Gasteiger partial charge in [-0.15, -0.1) is 0 Å². The van der Waals surface area contributed by atoms with E-state index < -0.39 is 23.0 Å². The fourth-order valence-electron chi connectivity index (χ4n) is 5.97. The summed E-state index contributed by atoms with van der Waals surface area (Å²) in [6, 6.07) is 19.0. The molecular weight excluding hydrogens is 508 g/mol. The van der Waals surface area contributed by atoms with Crippen LogP contribution in [0.3, 0.4) is 0 Å². The Morgan fingerprint density at radius 1 is 1.18 bits per heavy atom. The summed E-state index contributed by atoms with van der Waals surface area (Å²) in [5, 5.41) is 23.6. The van der Waals surface area contributed by atoms with Gasteiger partial charge in [0.1, 0.15) is 16.5 Å². The van der Waals surface area contributed by atoms with Crippen molar-refractivity contribution in [3.63, 3.8) is 0 Å². The highest BCUT2D eigenvalue weighted by Gasteiger charge is 2.76. The fourth-order valence-corrected chi connectivity index (χ4v) is 6.41. The lowest BCUT2D eigenvalue weighted by Crippen LogP contribution is -2.51. The molecule has 3 aromatic rings. The number of aromatic nitrogens is 1. The summed E-state index contributed by atoms with van der Waals surface area (Å²) in [6.07, 6.45) is 0. The standard InChI is InChI=1S/C25H24BrClN2O4/c1-32-23-22-19(11-20(27)29-23)33-25(15-7-9-16(26)10-8-15)21(14-5-3-2-4-6-14)17(13-30)18(12-28)24(22,25)31/h2-11,17-18,21,30-31H,12-13,28H2,1H3/t17-,18?,21+,24+,25-/m0/s1. The number of ether oxygens (including phenoxy) is 2. The Kier molecular flexibility index (Phi) is 5.66. The maximum atomic E-state index is 12.8. The molecule has 4 N–H and O–H groups in total. The summed E-state index contributed by atoms with van der Waals surface area (Å²) in [5.41, 5.74) is 5.46. The number of aliphatic hydroxyl groups is 2. The number of hydrogen-bond donors (Lipinski definition) is 3. The molecule has 1 unspecified atom stereocenters. The van der Waals surface area contributed by atoms with Gasteiger partial charge in [-0.2, -0.15) is 0 Å². The van der Waals surface area contributed by atoms with Crippen LogP contribution in [0.5, 0.6) is 11.6 Å². The van der Waals surface area contributed by atoms with Crippen molar-refractivity contribution in [3.8, 4) is 11.6 Å². The maximum absolute atomic E-state index is 12.8. The summed E-state index contributed by atoms with van der Waals surface area (Å²) >= 11 is 9.78. The number of nitrogens with two attached hydrogens (primary N) is 1. The fraction of sp³-hybridized carbons (Fsp3) is 0.320. The van der Waals surface area contributed by atoms with Crippen LogP contribution < -0.4 is 15.2 Å². The molecule has 2 aliphatic rings. The van der Waals surface area contributed by atoms with Crippen molar-refractivity contribution in [2.24, 2.45) is 17.6 Å². The van der Waals surface area contributed by atoms with Crippen molar-refractivity contribution in [2.75, 3.05) is 20.3 Å². The predicted octanol–water partition coefficient (Wildman–Crippen LogP) is 3.96. The number of nitrogens with zero attached hydrogens (tertiary/aromatic N) is 1. The van der Waals surface area contributed by atoms with Crippen molar-refractivity contribution >= 4 is 27.5 Å². The van der Waals surface area contributed by atoms with Gasteiger partial charge in [0.25, 0.3) is 0 Å². The lowest BCUT2D eigenvalue weighted by atomic mass is 9.70. The van der Waals surface area contributed by atoms with Crippen molar-refractivity contribution in [1.29, 1.82) is 0 Å². The van der Waals surface area contributed by atoms with Gasteiger partial charge in [0.2, 0.25) is 5.88 Å². The molecule has 0 radical (unpaired) electrons. The van der Waals surface area contributed by atoms with Crippen molar-refractivity contribution in [2.45, 2.75) is 17.1 Å². The van der Waals surface area contributed by atoms with Crippen LogP contribution in [-0.4, -0.2) is 35.5 Å². The number of halogens is 2. The Morgan fingerprint density at radius 2 is 1.88 bits per heavy atom. The second kappa shape index (κ2) is 8.25. The van der Waals surface area contributed by atoms with E-state index in [4.69, 9.17) is 26.8 Å². The van der Waals surface area contributed by atoms with E-state index in [2.05, 4.69) is 20.9 Å². The molecule has 0 spiro atoms. The number of aliphatic hydroxyl groups excluding tert-OH is 1. The van der Waals surface area contributed by atoms with E-state index in [1.165, 1.54) is 7.11 Å². The number of benzene rings is 2. The van der Waals surface area contributed by atoms with Crippen LogP contribution in [0.1, 0.15) is 22.6 Å². The summed E-state index contributed by atoms with van der Waals surface area (Å²) < 4.78 is 13.2. The minimum absolute atomic E-state index is 0.123. The van der Waals surface area contributed by atoms with Crippen molar-refractivity contribution < 1.29 is 19.7 Å². The number of rotatable bonds is 5. The number of pyridine rings is 1. The molecule has 8 heteroatoms. The lowest BCUT2D eigenvalue weighted by Gasteiger charge is -2.41. The molecule has 33 heavy (non-hydrogen) atoms. The van der Waals surface area contributed by atoms with Gasteiger partial charge >= 0.3 is 0 Å². The first-order valence-corrected chi connectivity index (χ1v) is 11.9. The van der Waals surface area contributed by atoms with Gasteiger partial charge in [0.05, 0.1) is 12.7 Å². The van der Waals surface area contributed by atoms with Gasteiger partial charge in [-0.05, 0) is 29.8 Å². The lowest BCUT2D eigenvalue weighted by molar-refractivity contribution is -0.127. The van der Waals surface area contributed by atoms with Gasteiger partial charge in [0, 0.05) is 34.9 Å². The highest BCUT2D eigenvalue weighted by molar-refractivity contribution is 9.10. The van der Waals surface area contributed by atoms with Gasteiger partial charge < -0.3 is 25.4 Å². The largest absolute Gasteiger partial charge is 0.481 e. The van der Waals surface area contributed by atoms with E-state index in [1.54, 1.807) is 6.07 Å². The zero-order chi connectivity index (χ0) is 23.4. The Hall–Kier alpha value is -2.16. The average Bonchev–Trinajstić information content (AvgIpc) is 3.20. The second-order valence-electron chi connectivity index (χ2n) is 8.52. The highest BCUT2D eigenvalue weighted by Crippen LogP contribution is 2.71. The topological polar surface area (TPSA) is 97.8 Å². The van der Waals surface area contributed by atoms with E-state index in [0.717, 1.165) is 15.6 Å². The summed E-state index contributed by atoms with van der Waals surface area (Å²) in [6.45, 7) is -0.0536. The zero-order valence-electron chi connectivity index (χ0n) is 17.9.